The average molecular weight is 183 g/mol. The van der Waals surface area contributed by atoms with Gasteiger partial charge in [0.05, 0.1) is 0 Å². The van der Waals surface area contributed by atoms with Crippen molar-refractivity contribution in [2.75, 3.05) is 0 Å². The molecule has 0 radical (unpaired) electrons. The van der Waals surface area contributed by atoms with E-state index in [1.54, 1.807) is 0 Å². The molecule has 0 saturated heterocycles. The van der Waals surface area contributed by atoms with Crippen LogP contribution in [0, 0.1) is 11.6 Å². The normalized spacial score (nSPS) is 12.5. The van der Waals surface area contributed by atoms with E-state index < -0.39 is 17.7 Å². The molecule has 0 aliphatic heterocycles. The molecule has 0 saturated carbocycles. The maximum Gasteiger partial charge on any atom is 0.129 e. The van der Waals surface area contributed by atoms with Crippen molar-refractivity contribution in [2.24, 2.45) is 5.73 Å². The zero-order valence-corrected chi connectivity index (χ0v) is 7.13. The van der Waals surface area contributed by atoms with E-state index in [2.05, 4.69) is 6.58 Å². The Bertz CT molecular complexity index is 290. The van der Waals surface area contributed by atoms with Crippen LogP contribution in [0.25, 0.3) is 0 Å². The Labute approximate surface area is 75.9 Å². The van der Waals surface area contributed by atoms with E-state index in [4.69, 9.17) is 5.73 Å². The molecule has 1 nitrogen and oxygen atoms in total. The summed E-state index contributed by atoms with van der Waals surface area (Å²) >= 11 is 0. The van der Waals surface area contributed by atoms with Crippen molar-refractivity contribution in [1.29, 1.82) is 0 Å². The van der Waals surface area contributed by atoms with E-state index >= 15 is 0 Å². The highest BCUT2D eigenvalue weighted by atomic mass is 19.1. The molecule has 0 fully saturated rings. The topological polar surface area (TPSA) is 26.0 Å². The third-order valence-electron chi connectivity index (χ3n) is 1.80. The number of hydrogen-bond acceptors (Lipinski definition) is 1. The molecule has 0 aliphatic carbocycles. The van der Waals surface area contributed by atoms with Gasteiger partial charge in [-0.1, -0.05) is 12.1 Å². The SMILES string of the molecule is C=CC(N)Cc1c(F)cccc1F. The van der Waals surface area contributed by atoms with E-state index in [0.717, 1.165) is 0 Å². The number of nitrogens with two attached hydrogens (primary N) is 1. The van der Waals surface area contributed by atoms with Gasteiger partial charge in [-0.15, -0.1) is 6.58 Å². The van der Waals surface area contributed by atoms with Crippen LogP contribution >= 0.6 is 0 Å². The molecule has 0 heterocycles. The molecule has 70 valence electrons. The van der Waals surface area contributed by atoms with Crippen molar-refractivity contribution in [3.8, 4) is 0 Å². The van der Waals surface area contributed by atoms with Crippen molar-refractivity contribution in [3.63, 3.8) is 0 Å². The fourth-order valence-corrected chi connectivity index (χ4v) is 1.05. The zero-order chi connectivity index (χ0) is 9.84. The maximum absolute atomic E-state index is 13.0. The van der Waals surface area contributed by atoms with E-state index in [1.165, 1.54) is 24.3 Å². The molecule has 0 spiro atoms. The minimum atomic E-state index is -0.558. The fourth-order valence-electron chi connectivity index (χ4n) is 1.05. The summed E-state index contributed by atoms with van der Waals surface area (Å²) in [7, 11) is 0. The molecule has 1 unspecified atom stereocenters. The number of rotatable bonds is 3. The quantitative estimate of drug-likeness (QED) is 0.713. The van der Waals surface area contributed by atoms with Crippen molar-refractivity contribution < 1.29 is 8.78 Å². The van der Waals surface area contributed by atoms with Gasteiger partial charge < -0.3 is 5.73 Å². The van der Waals surface area contributed by atoms with E-state index in [9.17, 15) is 8.78 Å². The molecular formula is C10H11F2N. The van der Waals surface area contributed by atoms with Crippen molar-refractivity contribution >= 4 is 0 Å². The van der Waals surface area contributed by atoms with Crippen molar-refractivity contribution in [2.45, 2.75) is 12.5 Å². The molecule has 13 heavy (non-hydrogen) atoms. The third kappa shape index (κ3) is 2.36. The first kappa shape index (κ1) is 9.86. The van der Waals surface area contributed by atoms with Crippen LogP contribution < -0.4 is 5.73 Å². The smallest absolute Gasteiger partial charge is 0.129 e. The largest absolute Gasteiger partial charge is 0.324 e. The van der Waals surface area contributed by atoms with Gasteiger partial charge in [-0.3, -0.25) is 0 Å². The predicted molar refractivity (Wildman–Crippen MR) is 48.2 cm³/mol. The predicted octanol–water partition coefficient (Wildman–Crippen LogP) is 2.02. The monoisotopic (exact) mass is 183 g/mol. The Hall–Kier alpha value is -1.22. The molecule has 0 aliphatic rings. The Morgan fingerprint density at radius 3 is 2.38 bits per heavy atom. The second kappa shape index (κ2) is 4.14. The summed E-state index contributed by atoms with van der Waals surface area (Å²) in [6, 6.07) is 3.35. The van der Waals surface area contributed by atoms with Gasteiger partial charge in [0.2, 0.25) is 0 Å². The molecule has 1 atom stereocenters. The van der Waals surface area contributed by atoms with Crippen LogP contribution in [0.3, 0.4) is 0 Å². The lowest BCUT2D eigenvalue weighted by Gasteiger charge is -2.07. The van der Waals surface area contributed by atoms with E-state index in [1.807, 2.05) is 0 Å². The van der Waals surface area contributed by atoms with Crippen LogP contribution in [0.15, 0.2) is 30.9 Å². The first-order chi connectivity index (χ1) is 6.15. The highest BCUT2D eigenvalue weighted by Crippen LogP contribution is 2.13. The van der Waals surface area contributed by atoms with E-state index in [0.29, 0.717) is 0 Å². The van der Waals surface area contributed by atoms with Gasteiger partial charge in [0.25, 0.3) is 0 Å². The second-order valence-electron chi connectivity index (χ2n) is 2.80. The number of benzene rings is 1. The lowest BCUT2D eigenvalue weighted by atomic mass is 10.1. The summed E-state index contributed by atoms with van der Waals surface area (Å²) in [5.41, 5.74) is 5.51. The first-order valence-corrected chi connectivity index (χ1v) is 3.96. The van der Waals surface area contributed by atoms with Crippen LogP contribution in [0.1, 0.15) is 5.56 Å². The molecule has 2 N–H and O–H groups in total. The lowest BCUT2D eigenvalue weighted by molar-refractivity contribution is 0.548. The van der Waals surface area contributed by atoms with Gasteiger partial charge in [-0.2, -0.15) is 0 Å². The van der Waals surface area contributed by atoms with Crippen LogP contribution in [-0.2, 0) is 6.42 Å². The summed E-state index contributed by atoms with van der Waals surface area (Å²) in [4.78, 5) is 0. The Balaban J connectivity index is 2.93. The Morgan fingerprint density at radius 1 is 1.38 bits per heavy atom. The van der Waals surface area contributed by atoms with Gasteiger partial charge in [-0.25, -0.2) is 8.78 Å². The van der Waals surface area contributed by atoms with Crippen molar-refractivity contribution in [3.05, 3.63) is 48.1 Å². The minimum absolute atomic E-state index is 0.0231. The fraction of sp³-hybridized carbons (Fsp3) is 0.200. The zero-order valence-electron chi connectivity index (χ0n) is 7.13. The highest BCUT2D eigenvalue weighted by molar-refractivity contribution is 5.21. The van der Waals surface area contributed by atoms with Gasteiger partial charge >= 0.3 is 0 Å². The summed E-state index contributed by atoms with van der Waals surface area (Å²) < 4.78 is 26.0. The molecule has 3 heteroatoms. The second-order valence-corrected chi connectivity index (χ2v) is 2.80. The molecule has 0 aromatic heterocycles. The first-order valence-electron chi connectivity index (χ1n) is 3.96. The van der Waals surface area contributed by atoms with Crippen LogP contribution in [0.5, 0.6) is 0 Å². The molecule has 1 aromatic rings. The van der Waals surface area contributed by atoms with Crippen molar-refractivity contribution in [1.82, 2.24) is 0 Å². The van der Waals surface area contributed by atoms with Crippen LogP contribution in [0.2, 0.25) is 0 Å². The summed E-state index contributed by atoms with van der Waals surface area (Å²) in [5, 5.41) is 0. The maximum atomic E-state index is 13.0. The molecule has 0 amide bonds. The van der Waals surface area contributed by atoms with Crippen LogP contribution in [0.4, 0.5) is 8.78 Å². The molecular weight excluding hydrogens is 172 g/mol. The minimum Gasteiger partial charge on any atom is -0.324 e. The van der Waals surface area contributed by atoms with Gasteiger partial charge in [0, 0.05) is 11.6 Å². The van der Waals surface area contributed by atoms with Gasteiger partial charge in [-0.05, 0) is 18.6 Å². The lowest BCUT2D eigenvalue weighted by Crippen LogP contribution is -2.20. The van der Waals surface area contributed by atoms with Gasteiger partial charge in [0.1, 0.15) is 11.6 Å². The molecule has 1 aromatic carbocycles. The van der Waals surface area contributed by atoms with Gasteiger partial charge in [0.15, 0.2) is 0 Å². The third-order valence-corrected chi connectivity index (χ3v) is 1.80. The van der Waals surface area contributed by atoms with E-state index in [-0.39, 0.29) is 12.0 Å². The summed E-state index contributed by atoms with van der Waals surface area (Å²) in [6.07, 6.45) is 1.61. The highest BCUT2D eigenvalue weighted by Gasteiger charge is 2.10. The standard InChI is InChI=1S/C10H11F2N/c1-2-7(13)6-8-9(11)4-3-5-10(8)12/h2-5,7H,1,6,13H2. The molecule has 1 rings (SSSR count). The number of halogens is 2. The summed E-state index contributed by atoms with van der Waals surface area (Å²) in [6.45, 7) is 3.45. The molecule has 0 bridgehead atoms. The Kier molecular flexibility index (Phi) is 3.14. The number of hydrogen-bond donors (Lipinski definition) is 1. The average Bonchev–Trinajstić information content (AvgIpc) is 2.11. The van der Waals surface area contributed by atoms with Crippen LogP contribution in [-0.4, -0.2) is 6.04 Å². The summed E-state index contributed by atoms with van der Waals surface area (Å²) in [5.74, 6) is -1.12. The Morgan fingerprint density at radius 2 is 1.92 bits per heavy atom.